The molecule has 1 heterocycles. The molecule has 1 saturated heterocycles. The van der Waals surface area contributed by atoms with E-state index >= 15 is 0 Å². The number of hydrogen-bond donors (Lipinski definition) is 0. The summed E-state index contributed by atoms with van der Waals surface area (Å²) in [6, 6.07) is 20.8. The number of ether oxygens (including phenoxy) is 1. The van der Waals surface area contributed by atoms with Crippen LogP contribution >= 0.6 is 0 Å². The van der Waals surface area contributed by atoms with Crippen molar-refractivity contribution in [2.75, 3.05) is 0 Å². The second kappa shape index (κ2) is 4.72. The molecule has 1 saturated carbocycles. The maximum Gasteiger partial charge on any atom is 0.0991 e. The van der Waals surface area contributed by atoms with E-state index in [1.54, 1.807) is 0 Å². The maximum absolute atomic E-state index is 8.94. The van der Waals surface area contributed by atoms with Crippen LogP contribution in [0.3, 0.4) is 0 Å². The van der Waals surface area contributed by atoms with Crippen LogP contribution in [0.15, 0.2) is 54.6 Å². The Morgan fingerprint density at radius 3 is 2.48 bits per heavy atom. The van der Waals surface area contributed by atoms with E-state index < -0.39 is 0 Å². The number of hydrogen-bond acceptors (Lipinski definition) is 2. The summed E-state index contributed by atoms with van der Waals surface area (Å²) in [5.41, 5.74) is 3.43. The fourth-order valence-electron chi connectivity index (χ4n) is 4.04. The predicted octanol–water partition coefficient (Wildman–Crippen LogP) is 4.12. The lowest BCUT2D eigenvalue weighted by Gasteiger charge is -2.53. The van der Waals surface area contributed by atoms with Gasteiger partial charge in [0.25, 0.3) is 0 Å². The summed E-state index contributed by atoms with van der Waals surface area (Å²) in [7, 11) is 0. The Labute approximate surface area is 125 Å². The molecule has 21 heavy (non-hydrogen) atoms. The highest BCUT2D eigenvalue weighted by Crippen LogP contribution is 2.60. The molecule has 1 aliphatic carbocycles. The fourth-order valence-corrected chi connectivity index (χ4v) is 4.04. The number of fused-ring (bicyclic) bond motifs is 1. The molecule has 0 unspecified atom stereocenters. The van der Waals surface area contributed by atoms with Gasteiger partial charge in [-0.3, -0.25) is 0 Å². The van der Waals surface area contributed by atoms with E-state index in [1.807, 2.05) is 24.3 Å². The van der Waals surface area contributed by atoms with E-state index in [9.17, 15) is 0 Å². The molecule has 0 amide bonds. The minimum atomic E-state index is 0.125. The SMILES string of the molecule is N#Cc1ccc([C@@H]2O[C@@H]3CCC[C@@]32c2ccccc2)cc1. The number of nitrogens with zero attached hydrogens (tertiary/aromatic N) is 1. The summed E-state index contributed by atoms with van der Waals surface area (Å²) in [6.07, 6.45) is 4.04. The lowest BCUT2D eigenvalue weighted by Crippen LogP contribution is -2.54. The zero-order valence-corrected chi connectivity index (χ0v) is 11.8. The molecule has 104 valence electrons. The van der Waals surface area contributed by atoms with Crippen LogP contribution in [0.2, 0.25) is 0 Å². The third-order valence-electron chi connectivity index (χ3n) is 5.05. The van der Waals surface area contributed by atoms with Crippen LogP contribution in [-0.4, -0.2) is 6.10 Å². The van der Waals surface area contributed by atoms with Gasteiger partial charge in [-0.1, -0.05) is 42.5 Å². The first-order chi connectivity index (χ1) is 10.3. The lowest BCUT2D eigenvalue weighted by molar-refractivity contribution is -0.194. The standard InChI is InChI=1S/C19H17NO/c20-13-14-8-10-15(11-9-14)18-19(12-4-7-17(19)21-18)16-5-2-1-3-6-16/h1-3,5-6,8-11,17-18H,4,7,12H2/t17-,18+,19-/m1/s1. The van der Waals surface area contributed by atoms with Gasteiger partial charge >= 0.3 is 0 Å². The molecule has 0 aromatic heterocycles. The van der Waals surface area contributed by atoms with Gasteiger partial charge in [-0.05, 0) is 42.5 Å². The summed E-state index contributed by atoms with van der Waals surface area (Å²) in [6.45, 7) is 0. The molecule has 2 aromatic carbocycles. The van der Waals surface area contributed by atoms with Crippen molar-refractivity contribution in [1.29, 1.82) is 5.26 Å². The van der Waals surface area contributed by atoms with Crippen LogP contribution in [-0.2, 0) is 10.2 Å². The Morgan fingerprint density at radius 1 is 1.05 bits per heavy atom. The van der Waals surface area contributed by atoms with Crippen LogP contribution in [0, 0.1) is 11.3 Å². The van der Waals surface area contributed by atoms with Gasteiger partial charge in [-0.2, -0.15) is 5.26 Å². The van der Waals surface area contributed by atoms with Gasteiger partial charge < -0.3 is 4.74 Å². The molecule has 2 fully saturated rings. The van der Waals surface area contributed by atoms with E-state index in [-0.39, 0.29) is 11.5 Å². The minimum absolute atomic E-state index is 0.125. The molecular formula is C19H17NO. The van der Waals surface area contributed by atoms with Crippen molar-refractivity contribution in [3.63, 3.8) is 0 Å². The Hall–Kier alpha value is -2.11. The third-order valence-corrected chi connectivity index (χ3v) is 5.05. The quantitative estimate of drug-likeness (QED) is 0.826. The highest BCUT2D eigenvalue weighted by molar-refractivity contribution is 5.41. The molecule has 0 radical (unpaired) electrons. The minimum Gasteiger partial charge on any atom is -0.368 e. The van der Waals surface area contributed by atoms with Crippen molar-refractivity contribution in [2.24, 2.45) is 0 Å². The van der Waals surface area contributed by atoms with Crippen LogP contribution in [0.4, 0.5) is 0 Å². The highest BCUT2D eigenvalue weighted by atomic mass is 16.5. The summed E-state index contributed by atoms with van der Waals surface area (Å²) in [4.78, 5) is 0. The Kier molecular flexibility index (Phi) is 2.83. The third kappa shape index (κ3) is 1.74. The van der Waals surface area contributed by atoms with Crippen LogP contribution in [0.1, 0.15) is 42.1 Å². The molecular weight excluding hydrogens is 258 g/mol. The molecule has 0 bridgehead atoms. The number of benzene rings is 2. The molecule has 2 aliphatic rings. The van der Waals surface area contributed by atoms with E-state index in [4.69, 9.17) is 10.00 Å². The van der Waals surface area contributed by atoms with Crippen molar-refractivity contribution >= 4 is 0 Å². The summed E-state index contributed by atoms with van der Waals surface area (Å²) >= 11 is 0. The summed E-state index contributed by atoms with van der Waals surface area (Å²) in [5.74, 6) is 0. The van der Waals surface area contributed by atoms with Crippen molar-refractivity contribution in [3.8, 4) is 6.07 Å². The molecule has 2 heteroatoms. The van der Waals surface area contributed by atoms with Gasteiger partial charge in [-0.15, -0.1) is 0 Å². The smallest absolute Gasteiger partial charge is 0.0991 e. The van der Waals surface area contributed by atoms with Crippen molar-refractivity contribution in [3.05, 3.63) is 71.3 Å². The molecule has 1 aliphatic heterocycles. The van der Waals surface area contributed by atoms with Crippen molar-refractivity contribution < 1.29 is 4.74 Å². The molecule has 0 N–H and O–H groups in total. The van der Waals surface area contributed by atoms with Gasteiger partial charge in [-0.25, -0.2) is 0 Å². The second-order valence-electron chi connectivity index (χ2n) is 6.04. The molecule has 3 atom stereocenters. The van der Waals surface area contributed by atoms with Crippen LogP contribution in [0.25, 0.3) is 0 Å². The molecule has 4 rings (SSSR count). The summed E-state index contributed by atoms with van der Waals surface area (Å²) < 4.78 is 6.20. The van der Waals surface area contributed by atoms with Gasteiger partial charge in [0.2, 0.25) is 0 Å². The predicted molar refractivity (Wildman–Crippen MR) is 80.7 cm³/mol. The fraction of sp³-hybridized carbons (Fsp3) is 0.316. The lowest BCUT2D eigenvalue weighted by atomic mass is 9.66. The van der Waals surface area contributed by atoms with Crippen molar-refractivity contribution in [2.45, 2.75) is 36.9 Å². The highest BCUT2D eigenvalue weighted by Gasteiger charge is 2.60. The Morgan fingerprint density at radius 2 is 1.81 bits per heavy atom. The Bertz CT molecular complexity index is 686. The first-order valence-electron chi connectivity index (χ1n) is 7.55. The summed E-state index contributed by atoms with van der Waals surface area (Å²) in [5, 5.41) is 8.94. The topological polar surface area (TPSA) is 33.0 Å². The van der Waals surface area contributed by atoms with E-state index in [0.29, 0.717) is 11.7 Å². The van der Waals surface area contributed by atoms with E-state index in [0.717, 1.165) is 6.42 Å². The van der Waals surface area contributed by atoms with Crippen LogP contribution in [0.5, 0.6) is 0 Å². The first-order valence-corrected chi connectivity index (χ1v) is 7.55. The largest absolute Gasteiger partial charge is 0.368 e. The van der Waals surface area contributed by atoms with Crippen molar-refractivity contribution in [1.82, 2.24) is 0 Å². The zero-order valence-electron chi connectivity index (χ0n) is 11.8. The average Bonchev–Trinajstić information content (AvgIpc) is 2.86. The maximum atomic E-state index is 8.94. The van der Waals surface area contributed by atoms with Gasteiger partial charge in [0.15, 0.2) is 0 Å². The van der Waals surface area contributed by atoms with Crippen LogP contribution < -0.4 is 0 Å². The van der Waals surface area contributed by atoms with E-state index in [1.165, 1.54) is 24.0 Å². The Balaban J connectivity index is 1.74. The number of rotatable bonds is 2. The second-order valence-corrected chi connectivity index (χ2v) is 6.04. The zero-order chi connectivity index (χ0) is 14.3. The average molecular weight is 275 g/mol. The number of nitriles is 1. The molecule has 0 spiro atoms. The monoisotopic (exact) mass is 275 g/mol. The van der Waals surface area contributed by atoms with Gasteiger partial charge in [0, 0.05) is 0 Å². The molecule has 2 nitrogen and oxygen atoms in total. The first kappa shape index (κ1) is 12.6. The van der Waals surface area contributed by atoms with E-state index in [2.05, 4.69) is 36.4 Å². The van der Waals surface area contributed by atoms with Gasteiger partial charge in [0.1, 0.15) is 0 Å². The van der Waals surface area contributed by atoms with Gasteiger partial charge in [0.05, 0.1) is 29.3 Å². The normalized spacial score (nSPS) is 30.2. The molecule has 2 aromatic rings.